The standard InChI is InChI=1S/C17H21N3O4/c1-12-4-6-17(7-5-12)23-11-15(24-17)10-19-14-2-3-16(20(21)22)13(8-14)9-18/h2-3,8,12,15,19H,4-7,10-11H2,1H3. The Morgan fingerprint density at radius 2 is 2.21 bits per heavy atom. The van der Waals surface area contributed by atoms with Gasteiger partial charge in [-0.3, -0.25) is 10.1 Å². The molecule has 2 fully saturated rings. The van der Waals surface area contributed by atoms with Crippen molar-refractivity contribution in [3.8, 4) is 6.07 Å². The van der Waals surface area contributed by atoms with Crippen LogP contribution in [-0.2, 0) is 9.47 Å². The molecule has 0 bridgehead atoms. The molecule has 1 heterocycles. The summed E-state index contributed by atoms with van der Waals surface area (Å²) in [4.78, 5) is 10.3. The van der Waals surface area contributed by atoms with E-state index in [9.17, 15) is 10.1 Å². The Bertz CT molecular complexity index is 662. The highest BCUT2D eigenvalue weighted by Gasteiger charge is 2.43. The molecule has 7 nitrogen and oxygen atoms in total. The fraction of sp³-hybridized carbons (Fsp3) is 0.588. The van der Waals surface area contributed by atoms with Crippen molar-refractivity contribution in [2.24, 2.45) is 5.92 Å². The van der Waals surface area contributed by atoms with Crippen LogP contribution in [0.2, 0.25) is 0 Å². The van der Waals surface area contributed by atoms with Crippen LogP contribution in [0.15, 0.2) is 18.2 Å². The second-order valence-corrected chi connectivity index (χ2v) is 6.63. The number of nitrogens with zero attached hydrogens (tertiary/aromatic N) is 2. The SMILES string of the molecule is CC1CCC2(CC1)OCC(CNc1ccc([N+](=O)[O-])c(C#N)c1)O2. The Balaban J connectivity index is 1.57. The number of rotatable bonds is 4. The fourth-order valence-corrected chi connectivity index (χ4v) is 3.31. The molecule has 1 aromatic rings. The molecule has 0 aromatic heterocycles. The first-order valence-electron chi connectivity index (χ1n) is 8.25. The van der Waals surface area contributed by atoms with Crippen molar-refractivity contribution in [1.29, 1.82) is 5.26 Å². The summed E-state index contributed by atoms with van der Waals surface area (Å²) in [7, 11) is 0. The van der Waals surface area contributed by atoms with Gasteiger partial charge in [0.25, 0.3) is 5.69 Å². The van der Waals surface area contributed by atoms with Gasteiger partial charge in [-0.15, -0.1) is 0 Å². The molecule has 1 saturated carbocycles. The van der Waals surface area contributed by atoms with Crippen molar-refractivity contribution < 1.29 is 14.4 Å². The van der Waals surface area contributed by atoms with Crippen LogP contribution in [0.4, 0.5) is 11.4 Å². The molecule has 0 amide bonds. The van der Waals surface area contributed by atoms with Gasteiger partial charge in [0, 0.05) is 31.1 Å². The minimum Gasteiger partial charge on any atom is -0.382 e. The molecule has 1 N–H and O–H groups in total. The summed E-state index contributed by atoms with van der Waals surface area (Å²) in [6.07, 6.45) is 4.04. The van der Waals surface area contributed by atoms with Crippen molar-refractivity contribution in [2.45, 2.75) is 44.5 Å². The third-order valence-electron chi connectivity index (χ3n) is 4.80. The minimum absolute atomic E-state index is 0.0475. The number of ether oxygens (including phenoxy) is 2. The molecule has 7 heteroatoms. The molecule has 1 saturated heterocycles. The van der Waals surface area contributed by atoms with E-state index < -0.39 is 10.7 Å². The minimum atomic E-state index is -0.552. The summed E-state index contributed by atoms with van der Waals surface area (Å²) in [6.45, 7) is 3.33. The van der Waals surface area contributed by atoms with Gasteiger partial charge >= 0.3 is 0 Å². The molecule has 1 aromatic carbocycles. The monoisotopic (exact) mass is 331 g/mol. The van der Waals surface area contributed by atoms with Crippen LogP contribution in [-0.4, -0.2) is 30.0 Å². The maximum absolute atomic E-state index is 10.9. The van der Waals surface area contributed by atoms with Crippen molar-refractivity contribution >= 4 is 11.4 Å². The summed E-state index contributed by atoms with van der Waals surface area (Å²) in [5.41, 5.74) is 0.532. The summed E-state index contributed by atoms with van der Waals surface area (Å²) < 4.78 is 12.0. The van der Waals surface area contributed by atoms with E-state index in [1.54, 1.807) is 6.07 Å². The topological polar surface area (TPSA) is 97.4 Å². The largest absolute Gasteiger partial charge is 0.382 e. The van der Waals surface area contributed by atoms with Crippen molar-refractivity contribution in [1.82, 2.24) is 0 Å². The second-order valence-electron chi connectivity index (χ2n) is 6.63. The quantitative estimate of drug-likeness (QED) is 0.672. The summed E-state index contributed by atoms with van der Waals surface area (Å²) in [6, 6.07) is 6.30. The molecule has 2 aliphatic rings. The molecule has 1 atom stereocenters. The first-order valence-corrected chi connectivity index (χ1v) is 8.25. The highest BCUT2D eigenvalue weighted by molar-refractivity contribution is 5.58. The predicted molar refractivity (Wildman–Crippen MR) is 87.5 cm³/mol. The normalized spacial score (nSPS) is 29.3. The van der Waals surface area contributed by atoms with Crippen LogP contribution in [0.3, 0.4) is 0 Å². The Morgan fingerprint density at radius 1 is 1.46 bits per heavy atom. The molecule has 128 valence electrons. The lowest BCUT2D eigenvalue weighted by Crippen LogP contribution is -2.36. The molecular weight excluding hydrogens is 310 g/mol. The maximum atomic E-state index is 10.9. The average molecular weight is 331 g/mol. The zero-order valence-corrected chi connectivity index (χ0v) is 13.7. The van der Waals surface area contributed by atoms with Gasteiger partial charge in [0.2, 0.25) is 0 Å². The van der Waals surface area contributed by atoms with Gasteiger partial charge in [-0.2, -0.15) is 5.26 Å². The van der Waals surface area contributed by atoms with E-state index in [1.165, 1.54) is 12.1 Å². The molecular formula is C17H21N3O4. The van der Waals surface area contributed by atoms with E-state index in [-0.39, 0.29) is 17.4 Å². The molecule has 1 aliphatic carbocycles. The van der Waals surface area contributed by atoms with E-state index in [1.807, 2.05) is 6.07 Å². The highest BCUT2D eigenvalue weighted by Crippen LogP contribution is 2.39. The first kappa shape index (κ1) is 16.7. The Morgan fingerprint density at radius 3 is 2.88 bits per heavy atom. The third-order valence-corrected chi connectivity index (χ3v) is 4.80. The maximum Gasteiger partial charge on any atom is 0.287 e. The highest BCUT2D eigenvalue weighted by atomic mass is 16.7. The van der Waals surface area contributed by atoms with Crippen molar-refractivity contribution in [3.63, 3.8) is 0 Å². The lowest BCUT2D eigenvalue weighted by Gasteiger charge is -2.34. The van der Waals surface area contributed by atoms with Gasteiger partial charge in [-0.1, -0.05) is 6.92 Å². The summed E-state index contributed by atoms with van der Waals surface area (Å²) in [5, 5.41) is 23.1. The number of hydrogen-bond donors (Lipinski definition) is 1. The average Bonchev–Trinajstić information content (AvgIpc) is 2.98. The van der Waals surface area contributed by atoms with Gasteiger partial charge < -0.3 is 14.8 Å². The summed E-state index contributed by atoms with van der Waals surface area (Å²) in [5.74, 6) is 0.302. The van der Waals surface area contributed by atoms with E-state index >= 15 is 0 Å². The number of anilines is 1. The van der Waals surface area contributed by atoms with Crippen LogP contribution in [0, 0.1) is 27.4 Å². The van der Waals surface area contributed by atoms with Gasteiger partial charge in [-0.05, 0) is 30.9 Å². The van der Waals surface area contributed by atoms with Crippen LogP contribution in [0.1, 0.15) is 38.2 Å². The second kappa shape index (κ2) is 6.75. The fourth-order valence-electron chi connectivity index (χ4n) is 3.31. The van der Waals surface area contributed by atoms with E-state index in [4.69, 9.17) is 14.7 Å². The smallest absolute Gasteiger partial charge is 0.287 e. The first-order chi connectivity index (χ1) is 11.5. The van der Waals surface area contributed by atoms with Crippen LogP contribution in [0.5, 0.6) is 0 Å². The third kappa shape index (κ3) is 3.50. The lowest BCUT2D eigenvalue weighted by atomic mass is 9.86. The zero-order chi connectivity index (χ0) is 17.2. The van der Waals surface area contributed by atoms with Crippen molar-refractivity contribution in [3.05, 3.63) is 33.9 Å². The van der Waals surface area contributed by atoms with E-state index in [0.717, 1.165) is 31.6 Å². The molecule has 1 unspecified atom stereocenters. The van der Waals surface area contributed by atoms with Crippen LogP contribution >= 0.6 is 0 Å². The molecule has 1 spiro atoms. The molecule has 24 heavy (non-hydrogen) atoms. The Kier molecular flexibility index (Phi) is 4.69. The number of hydrogen-bond acceptors (Lipinski definition) is 6. The Labute approximate surface area is 140 Å². The van der Waals surface area contributed by atoms with Crippen molar-refractivity contribution in [2.75, 3.05) is 18.5 Å². The van der Waals surface area contributed by atoms with Gasteiger partial charge in [-0.25, -0.2) is 0 Å². The van der Waals surface area contributed by atoms with Crippen LogP contribution < -0.4 is 5.32 Å². The zero-order valence-electron chi connectivity index (χ0n) is 13.7. The van der Waals surface area contributed by atoms with Gasteiger partial charge in [0.1, 0.15) is 17.7 Å². The number of benzene rings is 1. The predicted octanol–water partition coefficient (Wildman–Crippen LogP) is 3.20. The number of nitro groups is 1. The lowest BCUT2D eigenvalue weighted by molar-refractivity contribution is -0.385. The molecule has 0 radical (unpaired) electrons. The van der Waals surface area contributed by atoms with Crippen LogP contribution in [0.25, 0.3) is 0 Å². The number of nitro benzene ring substituents is 1. The van der Waals surface area contributed by atoms with Gasteiger partial charge in [0.15, 0.2) is 5.79 Å². The number of nitrogens with one attached hydrogen (secondary N) is 1. The Hall–Kier alpha value is -2.17. The summed E-state index contributed by atoms with van der Waals surface area (Å²) >= 11 is 0. The van der Waals surface area contributed by atoms with Gasteiger partial charge in [0.05, 0.1) is 11.5 Å². The molecule has 1 aliphatic heterocycles. The number of nitriles is 1. The molecule has 3 rings (SSSR count). The van der Waals surface area contributed by atoms with E-state index in [0.29, 0.717) is 18.8 Å². The van der Waals surface area contributed by atoms with E-state index in [2.05, 4.69) is 12.2 Å².